The minimum Gasteiger partial charge on any atom is -0.326 e. The van der Waals surface area contributed by atoms with Gasteiger partial charge in [0.1, 0.15) is 5.01 Å². The van der Waals surface area contributed by atoms with Crippen LogP contribution in [0.3, 0.4) is 0 Å². The van der Waals surface area contributed by atoms with Crippen LogP contribution in [0.25, 0.3) is 10.8 Å². The van der Waals surface area contributed by atoms with E-state index in [4.69, 9.17) is 0 Å². The molecule has 3 rings (SSSR count). The van der Waals surface area contributed by atoms with Gasteiger partial charge in [0.15, 0.2) is 4.34 Å². The lowest BCUT2D eigenvalue weighted by Crippen LogP contribution is -2.12. The first kappa shape index (κ1) is 15.0. The van der Waals surface area contributed by atoms with Gasteiger partial charge in [-0.3, -0.25) is 4.79 Å². The average Bonchev–Trinajstić information content (AvgIpc) is 2.92. The second-order valence-corrected chi connectivity index (χ2v) is 7.32. The molecule has 0 saturated carbocycles. The van der Waals surface area contributed by atoms with E-state index >= 15 is 0 Å². The van der Waals surface area contributed by atoms with E-state index in [2.05, 4.69) is 21.6 Å². The van der Waals surface area contributed by atoms with Gasteiger partial charge in [-0.1, -0.05) is 53.4 Å². The maximum absolute atomic E-state index is 12.0. The summed E-state index contributed by atoms with van der Waals surface area (Å²) in [6, 6.07) is 14.0. The minimum absolute atomic E-state index is 0.0176. The van der Waals surface area contributed by atoms with Crippen LogP contribution in [0.4, 0.5) is 5.69 Å². The predicted octanol–water partition coefficient (Wildman–Crippen LogP) is 4.12. The molecule has 2 aromatic carbocycles. The van der Waals surface area contributed by atoms with Crippen LogP contribution < -0.4 is 5.32 Å². The number of aryl methyl sites for hydroxylation is 1. The molecular weight excluding hydrogens is 314 g/mol. The number of benzene rings is 2. The summed E-state index contributed by atoms with van der Waals surface area (Å²) in [5.74, 6) is 0.720. The van der Waals surface area contributed by atoms with Crippen molar-refractivity contribution in [3.8, 4) is 0 Å². The van der Waals surface area contributed by atoms with Crippen LogP contribution in [0.15, 0.2) is 46.8 Å². The van der Waals surface area contributed by atoms with Crippen LogP contribution in [-0.2, 0) is 4.79 Å². The summed E-state index contributed by atoms with van der Waals surface area (Å²) in [5.41, 5.74) is 0.834. The molecule has 0 aliphatic heterocycles. The van der Waals surface area contributed by atoms with Crippen LogP contribution >= 0.6 is 23.1 Å². The Hall–Kier alpha value is -1.92. The molecule has 1 heterocycles. The Balaban J connectivity index is 1.54. The molecule has 0 saturated heterocycles. The monoisotopic (exact) mass is 329 g/mol. The molecule has 0 bridgehead atoms. The summed E-state index contributed by atoms with van der Waals surface area (Å²) in [6.07, 6.45) is 0.454. The quantitative estimate of drug-likeness (QED) is 0.715. The Labute approximate surface area is 137 Å². The van der Waals surface area contributed by atoms with Crippen molar-refractivity contribution >= 4 is 45.5 Å². The molecule has 22 heavy (non-hydrogen) atoms. The fourth-order valence-corrected chi connectivity index (χ4v) is 3.88. The molecule has 1 amide bonds. The van der Waals surface area contributed by atoms with Crippen molar-refractivity contribution in [1.82, 2.24) is 10.2 Å². The van der Waals surface area contributed by atoms with E-state index in [-0.39, 0.29) is 5.91 Å². The van der Waals surface area contributed by atoms with Crippen molar-refractivity contribution in [3.05, 3.63) is 47.5 Å². The molecule has 1 aromatic heterocycles. The SMILES string of the molecule is Cc1nnc(SCCC(=O)Nc2ccc3ccccc3c2)s1. The summed E-state index contributed by atoms with van der Waals surface area (Å²) in [7, 11) is 0. The Morgan fingerprint density at radius 3 is 2.77 bits per heavy atom. The number of nitrogens with one attached hydrogen (secondary N) is 1. The smallest absolute Gasteiger partial charge is 0.225 e. The molecule has 112 valence electrons. The Morgan fingerprint density at radius 2 is 2.00 bits per heavy atom. The van der Waals surface area contributed by atoms with Crippen molar-refractivity contribution in [2.45, 2.75) is 17.7 Å². The third-order valence-electron chi connectivity index (χ3n) is 3.10. The minimum atomic E-state index is 0.0176. The van der Waals surface area contributed by atoms with Gasteiger partial charge in [-0.25, -0.2) is 0 Å². The standard InChI is InChI=1S/C16H15N3OS2/c1-11-18-19-16(22-11)21-9-8-15(20)17-14-7-6-12-4-2-3-5-13(12)10-14/h2-7,10H,8-9H2,1H3,(H,17,20). The highest BCUT2D eigenvalue weighted by molar-refractivity contribution is 8.01. The molecule has 4 nitrogen and oxygen atoms in total. The zero-order chi connectivity index (χ0) is 15.4. The summed E-state index contributed by atoms with van der Waals surface area (Å²) in [4.78, 5) is 12.0. The molecule has 0 spiro atoms. The maximum Gasteiger partial charge on any atom is 0.225 e. The number of nitrogens with zero attached hydrogens (tertiary/aromatic N) is 2. The van der Waals surface area contributed by atoms with Crippen LogP contribution in [-0.4, -0.2) is 21.9 Å². The van der Waals surface area contributed by atoms with Gasteiger partial charge < -0.3 is 5.32 Å². The predicted molar refractivity (Wildman–Crippen MR) is 92.6 cm³/mol. The van der Waals surface area contributed by atoms with E-state index in [9.17, 15) is 4.79 Å². The number of hydrogen-bond donors (Lipinski definition) is 1. The molecule has 3 aromatic rings. The topological polar surface area (TPSA) is 54.9 Å². The first-order valence-corrected chi connectivity index (χ1v) is 8.72. The van der Waals surface area contributed by atoms with E-state index < -0.39 is 0 Å². The van der Waals surface area contributed by atoms with Crippen molar-refractivity contribution in [1.29, 1.82) is 0 Å². The second kappa shape index (κ2) is 6.89. The molecule has 1 N–H and O–H groups in total. The van der Waals surface area contributed by atoms with Gasteiger partial charge >= 0.3 is 0 Å². The Morgan fingerprint density at radius 1 is 1.18 bits per heavy atom. The first-order chi connectivity index (χ1) is 10.7. The number of rotatable bonds is 5. The Kier molecular flexibility index (Phi) is 4.70. The molecule has 0 aliphatic rings. The van der Waals surface area contributed by atoms with Gasteiger partial charge in [-0.05, 0) is 29.8 Å². The van der Waals surface area contributed by atoms with Gasteiger partial charge in [0, 0.05) is 17.9 Å². The lowest BCUT2D eigenvalue weighted by Gasteiger charge is -2.06. The van der Waals surface area contributed by atoms with Crippen LogP contribution in [0.5, 0.6) is 0 Å². The fourth-order valence-electron chi connectivity index (χ4n) is 2.06. The third-order valence-corrected chi connectivity index (χ3v) is 5.07. The summed E-state index contributed by atoms with van der Waals surface area (Å²) < 4.78 is 0.913. The number of carbonyl (C=O) groups excluding carboxylic acids is 1. The highest BCUT2D eigenvalue weighted by atomic mass is 32.2. The number of fused-ring (bicyclic) bond motifs is 1. The highest BCUT2D eigenvalue weighted by Gasteiger charge is 2.06. The van der Waals surface area contributed by atoms with Crippen molar-refractivity contribution in [2.75, 3.05) is 11.1 Å². The largest absolute Gasteiger partial charge is 0.326 e. The number of thioether (sulfide) groups is 1. The van der Waals surface area contributed by atoms with Crippen molar-refractivity contribution in [3.63, 3.8) is 0 Å². The number of carbonyl (C=O) groups is 1. The molecule has 0 aliphatic carbocycles. The maximum atomic E-state index is 12.0. The van der Waals surface area contributed by atoms with E-state index in [0.29, 0.717) is 12.2 Å². The highest BCUT2D eigenvalue weighted by Crippen LogP contribution is 2.23. The molecule has 0 atom stereocenters. The van der Waals surface area contributed by atoms with Crippen LogP contribution in [0.2, 0.25) is 0 Å². The van der Waals surface area contributed by atoms with Gasteiger partial charge in [0.2, 0.25) is 5.91 Å². The Bertz CT molecular complexity index is 801. The molecule has 0 fully saturated rings. The van der Waals surface area contributed by atoms with Crippen molar-refractivity contribution in [2.24, 2.45) is 0 Å². The van der Waals surface area contributed by atoms with E-state index in [1.165, 1.54) is 5.39 Å². The number of aromatic nitrogens is 2. The summed E-state index contributed by atoms with van der Waals surface area (Å²) in [6.45, 7) is 1.92. The molecule has 0 radical (unpaired) electrons. The van der Waals surface area contributed by atoms with Crippen LogP contribution in [0, 0.1) is 6.92 Å². The zero-order valence-electron chi connectivity index (χ0n) is 12.1. The third kappa shape index (κ3) is 3.84. The van der Waals surface area contributed by atoms with Gasteiger partial charge in [0.25, 0.3) is 0 Å². The molecular formula is C16H15N3OS2. The second-order valence-electron chi connectivity index (χ2n) is 4.80. The number of hydrogen-bond acceptors (Lipinski definition) is 5. The summed E-state index contributed by atoms with van der Waals surface area (Å²) in [5, 5.41) is 14.2. The number of anilines is 1. The van der Waals surface area contributed by atoms with Gasteiger partial charge in [0.05, 0.1) is 0 Å². The lowest BCUT2D eigenvalue weighted by atomic mass is 10.1. The summed E-state index contributed by atoms with van der Waals surface area (Å²) >= 11 is 3.12. The van der Waals surface area contributed by atoms with Crippen LogP contribution in [0.1, 0.15) is 11.4 Å². The van der Waals surface area contributed by atoms with Gasteiger partial charge in [-0.15, -0.1) is 10.2 Å². The fraction of sp³-hybridized carbons (Fsp3) is 0.188. The van der Waals surface area contributed by atoms with Gasteiger partial charge in [-0.2, -0.15) is 0 Å². The zero-order valence-corrected chi connectivity index (χ0v) is 13.7. The normalized spacial score (nSPS) is 10.8. The lowest BCUT2D eigenvalue weighted by molar-refractivity contribution is -0.115. The molecule has 6 heteroatoms. The average molecular weight is 329 g/mol. The van der Waals surface area contributed by atoms with E-state index in [1.807, 2.05) is 43.3 Å². The number of amides is 1. The van der Waals surface area contributed by atoms with E-state index in [0.717, 1.165) is 20.4 Å². The van der Waals surface area contributed by atoms with Crippen molar-refractivity contribution < 1.29 is 4.79 Å². The van der Waals surface area contributed by atoms with E-state index in [1.54, 1.807) is 23.1 Å². The molecule has 0 unspecified atom stereocenters. The first-order valence-electron chi connectivity index (χ1n) is 6.92.